The van der Waals surface area contributed by atoms with Crippen molar-refractivity contribution < 1.29 is 31.1 Å². The summed E-state index contributed by atoms with van der Waals surface area (Å²) in [6.07, 6.45) is -6.74. The average Bonchev–Trinajstić information content (AvgIpc) is 3.22. The molecule has 1 aliphatic heterocycles. The third-order valence-corrected chi connectivity index (χ3v) is 5.65. The molecular formula is C21H13F6N3OS. The quantitative estimate of drug-likeness (QED) is 0.341. The molecule has 1 amide bonds. The van der Waals surface area contributed by atoms with Crippen molar-refractivity contribution in [1.82, 2.24) is 9.78 Å². The maximum Gasteiger partial charge on any atom is 0.416 e. The molecule has 3 aromatic rings. The number of benzene rings is 2. The Hall–Kier alpha value is -3.08. The van der Waals surface area contributed by atoms with Crippen molar-refractivity contribution in [3.63, 3.8) is 0 Å². The van der Waals surface area contributed by atoms with Gasteiger partial charge >= 0.3 is 12.4 Å². The number of aliphatic imine (C=N–C) groups is 1. The van der Waals surface area contributed by atoms with E-state index in [0.717, 1.165) is 6.07 Å². The Morgan fingerprint density at radius 3 is 2.41 bits per heavy atom. The van der Waals surface area contributed by atoms with Crippen molar-refractivity contribution in [3.8, 4) is 0 Å². The first-order valence-corrected chi connectivity index (χ1v) is 9.95. The summed E-state index contributed by atoms with van der Waals surface area (Å²) in [4.78, 5) is 16.1. The Kier molecular flexibility index (Phi) is 5.40. The van der Waals surface area contributed by atoms with E-state index >= 15 is 0 Å². The number of fused-ring (bicyclic) bond motifs is 1. The number of aromatic nitrogens is 2. The summed E-state index contributed by atoms with van der Waals surface area (Å²) in [5.41, 5.74) is -1.87. The summed E-state index contributed by atoms with van der Waals surface area (Å²) in [6, 6.07) is 6.58. The number of amides is 1. The van der Waals surface area contributed by atoms with Crippen LogP contribution in [-0.2, 0) is 23.7 Å². The number of carbonyl (C=O) groups excluding carboxylic acids is 1. The monoisotopic (exact) mass is 469 g/mol. The predicted molar refractivity (Wildman–Crippen MR) is 109 cm³/mol. The highest BCUT2D eigenvalue weighted by Gasteiger charge is 2.38. The SMILES string of the molecule is CC1=NC(=O)/C(=C/c2ccc3c(cnn3Cc3ccc(C(F)(F)F)cc3C(F)(F)F)c2)S1. The molecule has 0 aliphatic carbocycles. The smallest absolute Gasteiger partial charge is 0.266 e. The first kappa shape index (κ1) is 22.1. The first-order chi connectivity index (χ1) is 14.9. The molecule has 0 N–H and O–H groups in total. The molecule has 0 saturated carbocycles. The van der Waals surface area contributed by atoms with E-state index in [1.54, 1.807) is 31.2 Å². The number of hydrogen-bond donors (Lipinski definition) is 0. The van der Waals surface area contributed by atoms with E-state index in [9.17, 15) is 31.1 Å². The lowest BCUT2D eigenvalue weighted by molar-refractivity contribution is -0.143. The molecule has 4 nitrogen and oxygen atoms in total. The number of nitrogens with zero attached hydrogens (tertiary/aromatic N) is 3. The van der Waals surface area contributed by atoms with Crippen LogP contribution in [0.3, 0.4) is 0 Å². The average molecular weight is 469 g/mol. The van der Waals surface area contributed by atoms with Gasteiger partial charge in [-0.1, -0.05) is 23.9 Å². The third kappa shape index (κ3) is 4.43. The lowest BCUT2D eigenvalue weighted by atomic mass is 10.0. The highest BCUT2D eigenvalue weighted by molar-refractivity contribution is 8.18. The lowest BCUT2D eigenvalue weighted by Crippen LogP contribution is -2.15. The van der Waals surface area contributed by atoms with Crippen LogP contribution in [0.2, 0.25) is 0 Å². The second-order valence-electron chi connectivity index (χ2n) is 7.03. The van der Waals surface area contributed by atoms with E-state index in [1.165, 1.54) is 22.6 Å². The van der Waals surface area contributed by atoms with Gasteiger partial charge in [0, 0.05) is 5.39 Å². The fourth-order valence-corrected chi connectivity index (χ4v) is 4.08. The summed E-state index contributed by atoms with van der Waals surface area (Å²) >= 11 is 1.24. The highest BCUT2D eigenvalue weighted by Crippen LogP contribution is 2.38. The Balaban J connectivity index is 1.67. The molecule has 32 heavy (non-hydrogen) atoms. The van der Waals surface area contributed by atoms with Crippen LogP contribution in [0.4, 0.5) is 26.3 Å². The van der Waals surface area contributed by atoms with Crippen molar-refractivity contribution in [2.45, 2.75) is 25.8 Å². The van der Waals surface area contributed by atoms with Crippen molar-refractivity contribution in [3.05, 3.63) is 69.8 Å². The molecule has 0 saturated heterocycles. The van der Waals surface area contributed by atoms with Crippen LogP contribution < -0.4 is 0 Å². The molecule has 1 aromatic heterocycles. The Bertz CT molecular complexity index is 1290. The Morgan fingerprint density at radius 1 is 1.03 bits per heavy atom. The van der Waals surface area contributed by atoms with Crippen LogP contribution in [0.5, 0.6) is 0 Å². The van der Waals surface area contributed by atoms with Crippen LogP contribution in [0.25, 0.3) is 17.0 Å². The zero-order chi connectivity index (χ0) is 23.3. The van der Waals surface area contributed by atoms with Gasteiger partial charge in [-0.25, -0.2) is 4.99 Å². The van der Waals surface area contributed by atoms with Gasteiger partial charge in [-0.3, -0.25) is 9.48 Å². The van der Waals surface area contributed by atoms with E-state index < -0.39 is 23.5 Å². The minimum Gasteiger partial charge on any atom is -0.266 e. The number of thioether (sulfide) groups is 1. The van der Waals surface area contributed by atoms with Gasteiger partial charge < -0.3 is 0 Å². The standard InChI is InChI=1S/C21H13F6N3OS/c1-11-29-19(31)18(32-11)7-12-2-5-17-14(6-12)9-28-30(17)10-13-3-4-15(20(22,23)24)8-16(13)21(25,26)27/h2-9H,10H2,1H3/b18-7-. The first-order valence-electron chi connectivity index (χ1n) is 9.14. The summed E-state index contributed by atoms with van der Waals surface area (Å²) in [6.45, 7) is 1.35. The molecule has 4 rings (SSSR count). The lowest BCUT2D eigenvalue weighted by Gasteiger charge is -2.16. The van der Waals surface area contributed by atoms with Gasteiger partial charge in [-0.2, -0.15) is 31.4 Å². The van der Waals surface area contributed by atoms with Crippen LogP contribution >= 0.6 is 11.8 Å². The maximum atomic E-state index is 13.4. The second kappa shape index (κ2) is 7.80. The maximum absolute atomic E-state index is 13.4. The zero-order valence-electron chi connectivity index (χ0n) is 16.3. The van der Waals surface area contributed by atoms with Crippen molar-refractivity contribution in [2.24, 2.45) is 4.99 Å². The molecule has 0 spiro atoms. The van der Waals surface area contributed by atoms with E-state index in [2.05, 4.69) is 10.1 Å². The molecule has 2 aromatic carbocycles. The zero-order valence-corrected chi connectivity index (χ0v) is 17.1. The molecular weight excluding hydrogens is 456 g/mol. The fourth-order valence-electron chi connectivity index (χ4n) is 3.30. The van der Waals surface area contributed by atoms with Gasteiger partial charge in [-0.15, -0.1) is 0 Å². The summed E-state index contributed by atoms with van der Waals surface area (Å²) < 4.78 is 80.2. The molecule has 166 valence electrons. The molecule has 0 atom stereocenters. The van der Waals surface area contributed by atoms with Gasteiger partial charge in [0.05, 0.1) is 39.3 Å². The molecule has 11 heteroatoms. The minimum atomic E-state index is -4.95. The molecule has 0 bridgehead atoms. The van der Waals surface area contributed by atoms with Crippen molar-refractivity contribution in [2.75, 3.05) is 0 Å². The molecule has 1 aliphatic rings. The normalized spacial score (nSPS) is 16.3. The van der Waals surface area contributed by atoms with E-state index in [-0.39, 0.29) is 24.1 Å². The predicted octanol–water partition coefficient (Wildman–Crippen LogP) is 6.15. The second-order valence-corrected chi connectivity index (χ2v) is 8.27. The van der Waals surface area contributed by atoms with E-state index in [1.807, 2.05) is 0 Å². The van der Waals surface area contributed by atoms with Crippen LogP contribution in [0.15, 0.2) is 52.5 Å². The highest BCUT2D eigenvalue weighted by atomic mass is 32.2. The van der Waals surface area contributed by atoms with Crippen molar-refractivity contribution >= 4 is 39.7 Å². The topological polar surface area (TPSA) is 47.2 Å². The molecule has 0 radical (unpaired) electrons. The van der Waals surface area contributed by atoms with E-state index in [0.29, 0.717) is 32.5 Å². The molecule has 0 fully saturated rings. The Labute approximate surface area is 181 Å². The third-order valence-electron chi connectivity index (χ3n) is 4.75. The van der Waals surface area contributed by atoms with Gasteiger partial charge in [-0.05, 0) is 48.4 Å². The van der Waals surface area contributed by atoms with Crippen LogP contribution in [0.1, 0.15) is 29.2 Å². The van der Waals surface area contributed by atoms with Gasteiger partial charge in [0.2, 0.25) is 0 Å². The summed E-state index contributed by atoms with van der Waals surface area (Å²) in [5, 5.41) is 5.33. The largest absolute Gasteiger partial charge is 0.416 e. The molecule has 0 unspecified atom stereocenters. The van der Waals surface area contributed by atoms with E-state index in [4.69, 9.17) is 0 Å². The van der Waals surface area contributed by atoms with Crippen LogP contribution in [0, 0.1) is 0 Å². The van der Waals surface area contributed by atoms with Gasteiger partial charge in [0.1, 0.15) is 0 Å². The molecule has 2 heterocycles. The summed E-state index contributed by atoms with van der Waals surface area (Å²) in [7, 11) is 0. The van der Waals surface area contributed by atoms with Crippen LogP contribution in [-0.4, -0.2) is 20.7 Å². The number of hydrogen-bond acceptors (Lipinski definition) is 3. The minimum absolute atomic E-state index is 0.117. The van der Waals surface area contributed by atoms with Gasteiger partial charge in [0.25, 0.3) is 5.91 Å². The van der Waals surface area contributed by atoms with Crippen molar-refractivity contribution in [1.29, 1.82) is 0 Å². The summed E-state index contributed by atoms with van der Waals surface area (Å²) in [5.74, 6) is -0.342. The fraction of sp³-hybridized carbons (Fsp3) is 0.190. The van der Waals surface area contributed by atoms with Gasteiger partial charge in [0.15, 0.2) is 0 Å². The number of rotatable bonds is 3. The number of carbonyl (C=O) groups is 1. The number of halogens is 6. The number of alkyl halides is 6. The Morgan fingerprint density at radius 2 is 1.78 bits per heavy atom.